The quantitative estimate of drug-likeness (QED) is 0.511. The fraction of sp³-hybridized carbons (Fsp3) is 0.588. The number of nitrogens with one attached hydrogen (secondary N) is 1. The number of rotatable bonds is 5. The maximum absolute atomic E-state index is 15.4. The summed E-state index contributed by atoms with van der Waals surface area (Å²) in [6, 6.07) is 5.04. The van der Waals surface area contributed by atoms with E-state index in [1.165, 1.54) is 18.7 Å². The van der Waals surface area contributed by atoms with Gasteiger partial charge in [0.1, 0.15) is 4.75 Å². The highest BCUT2D eigenvalue weighted by molar-refractivity contribution is 9.10. The van der Waals surface area contributed by atoms with Crippen molar-refractivity contribution in [3.63, 3.8) is 0 Å². The van der Waals surface area contributed by atoms with Gasteiger partial charge in [0.25, 0.3) is 0 Å². The van der Waals surface area contributed by atoms with E-state index in [1.807, 2.05) is 0 Å². The largest absolute Gasteiger partial charge is 0.598 e. The van der Waals surface area contributed by atoms with Crippen molar-refractivity contribution in [2.24, 2.45) is 0 Å². The normalized spacial score (nSPS) is 21.8. The fourth-order valence-corrected chi connectivity index (χ4v) is 5.12. The number of ether oxygens (including phenoxy) is 1. The summed E-state index contributed by atoms with van der Waals surface area (Å²) in [7, 11) is 0. The van der Waals surface area contributed by atoms with Crippen molar-refractivity contribution >= 4 is 45.0 Å². The molecular weight excluding hydrogens is 448 g/mol. The summed E-state index contributed by atoms with van der Waals surface area (Å²) >= 11 is 2.92. The predicted molar refractivity (Wildman–Crippen MR) is 104 cm³/mol. The second-order valence-electron chi connectivity index (χ2n) is 6.92. The average molecular weight is 470 g/mol. The van der Waals surface area contributed by atoms with Gasteiger partial charge in [0.2, 0.25) is 0 Å². The molecule has 0 amide bonds. The van der Waals surface area contributed by atoms with E-state index >= 15 is 8.78 Å². The molecule has 9 heteroatoms. The van der Waals surface area contributed by atoms with Crippen LogP contribution < -0.4 is 4.72 Å². The Kier molecular flexibility index (Phi) is 6.71. The zero-order valence-electron chi connectivity index (χ0n) is 15.0. The molecule has 1 aromatic rings. The molecule has 146 valence electrons. The van der Waals surface area contributed by atoms with Crippen molar-refractivity contribution in [1.82, 2.24) is 4.72 Å². The van der Waals surface area contributed by atoms with Crippen molar-refractivity contribution in [3.8, 4) is 0 Å². The number of alkyl halides is 2. The second kappa shape index (κ2) is 7.95. The number of hydrogen-bond donors (Lipinski definition) is 1. The number of carbonyl (C=O) groups is 1. The van der Waals surface area contributed by atoms with Crippen LogP contribution in [-0.2, 0) is 26.4 Å². The van der Waals surface area contributed by atoms with Crippen LogP contribution in [0.25, 0.3) is 0 Å². The van der Waals surface area contributed by atoms with E-state index in [1.54, 1.807) is 39.0 Å². The highest BCUT2D eigenvalue weighted by Gasteiger charge is 2.65. The fourth-order valence-electron chi connectivity index (χ4n) is 2.61. The Morgan fingerprint density at radius 3 is 2.69 bits per heavy atom. The Hall–Kier alpha value is -0.350. The first kappa shape index (κ1) is 21.9. The van der Waals surface area contributed by atoms with Crippen LogP contribution in [0.15, 0.2) is 27.6 Å². The SMILES string of the molecule is CCOC(=O)C(F)(F)C1(N[S@+]([O-])C(C)(C)C)CCSc2ccc(Br)cc21. The van der Waals surface area contributed by atoms with Gasteiger partial charge >= 0.3 is 11.9 Å². The Balaban J connectivity index is 2.65. The molecule has 4 nitrogen and oxygen atoms in total. The summed E-state index contributed by atoms with van der Waals surface area (Å²) in [5.74, 6) is -5.14. The van der Waals surface area contributed by atoms with Crippen molar-refractivity contribution in [2.45, 2.75) is 55.2 Å². The molecule has 1 aliphatic heterocycles. The van der Waals surface area contributed by atoms with Crippen LogP contribution in [0.5, 0.6) is 0 Å². The molecule has 1 aromatic carbocycles. The Labute approximate surface area is 168 Å². The molecule has 0 fully saturated rings. The maximum atomic E-state index is 15.4. The van der Waals surface area contributed by atoms with Gasteiger partial charge in [-0.05, 0) is 57.9 Å². The second-order valence-corrected chi connectivity index (χ2v) is 10.9. The molecule has 2 rings (SSSR count). The number of carbonyl (C=O) groups excluding carboxylic acids is 1. The molecule has 0 aliphatic carbocycles. The molecule has 1 unspecified atom stereocenters. The molecule has 1 N–H and O–H groups in total. The maximum Gasteiger partial charge on any atom is 0.379 e. The minimum Gasteiger partial charge on any atom is -0.598 e. The molecular formula is C17H22BrF2NO3S2. The predicted octanol–water partition coefficient (Wildman–Crippen LogP) is 4.39. The number of halogens is 3. The van der Waals surface area contributed by atoms with Gasteiger partial charge in [0, 0.05) is 26.5 Å². The van der Waals surface area contributed by atoms with E-state index in [0.29, 0.717) is 15.1 Å². The minimum atomic E-state index is -3.89. The third-order valence-electron chi connectivity index (χ3n) is 4.03. The molecule has 0 radical (unpaired) electrons. The van der Waals surface area contributed by atoms with E-state index in [2.05, 4.69) is 25.4 Å². The smallest absolute Gasteiger partial charge is 0.379 e. The van der Waals surface area contributed by atoms with Crippen LogP contribution >= 0.6 is 27.7 Å². The number of thioether (sulfide) groups is 1. The van der Waals surface area contributed by atoms with Gasteiger partial charge in [0.15, 0.2) is 5.54 Å². The van der Waals surface area contributed by atoms with Crippen LogP contribution in [0.1, 0.15) is 39.7 Å². The summed E-state index contributed by atoms with van der Waals surface area (Å²) in [4.78, 5) is 12.8. The first-order valence-electron chi connectivity index (χ1n) is 8.13. The Bertz CT molecular complexity index is 684. The van der Waals surface area contributed by atoms with Gasteiger partial charge in [-0.1, -0.05) is 15.9 Å². The van der Waals surface area contributed by atoms with Crippen LogP contribution in [0.4, 0.5) is 8.78 Å². The van der Waals surface area contributed by atoms with Crippen LogP contribution in [0.3, 0.4) is 0 Å². The third-order valence-corrected chi connectivity index (χ3v) is 7.24. The Morgan fingerprint density at radius 1 is 1.46 bits per heavy atom. The van der Waals surface area contributed by atoms with Crippen molar-refractivity contribution in [3.05, 3.63) is 28.2 Å². The zero-order chi connectivity index (χ0) is 19.8. The van der Waals surface area contributed by atoms with E-state index in [-0.39, 0.29) is 18.6 Å². The lowest BCUT2D eigenvalue weighted by Crippen LogP contribution is -2.64. The average Bonchev–Trinajstić information content (AvgIpc) is 2.54. The first-order valence-corrected chi connectivity index (χ1v) is 11.1. The molecule has 2 atom stereocenters. The monoisotopic (exact) mass is 469 g/mol. The highest BCUT2D eigenvalue weighted by Crippen LogP contribution is 2.50. The van der Waals surface area contributed by atoms with E-state index in [9.17, 15) is 9.35 Å². The van der Waals surface area contributed by atoms with Crippen molar-refractivity contribution in [1.29, 1.82) is 0 Å². The van der Waals surface area contributed by atoms with Crippen LogP contribution in [0.2, 0.25) is 0 Å². The van der Waals surface area contributed by atoms with Crippen molar-refractivity contribution in [2.75, 3.05) is 12.4 Å². The van der Waals surface area contributed by atoms with Gasteiger partial charge in [-0.15, -0.1) is 16.5 Å². The molecule has 0 bridgehead atoms. The Morgan fingerprint density at radius 2 is 2.12 bits per heavy atom. The van der Waals surface area contributed by atoms with Crippen LogP contribution in [-0.4, -0.2) is 33.6 Å². The minimum absolute atomic E-state index is 0.0608. The van der Waals surface area contributed by atoms with Gasteiger partial charge in [-0.2, -0.15) is 8.78 Å². The topological polar surface area (TPSA) is 61.4 Å². The summed E-state index contributed by atoms with van der Waals surface area (Å²) in [5, 5.41) is 0. The van der Waals surface area contributed by atoms with Gasteiger partial charge < -0.3 is 9.29 Å². The molecule has 0 aromatic heterocycles. The zero-order valence-corrected chi connectivity index (χ0v) is 18.2. The lowest BCUT2D eigenvalue weighted by Gasteiger charge is -2.43. The number of benzene rings is 1. The van der Waals surface area contributed by atoms with E-state index in [4.69, 9.17) is 0 Å². The summed E-state index contributed by atoms with van der Waals surface area (Å²) in [6.07, 6.45) is -0.0608. The molecule has 0 saturated heterocycles. The standard InChI is InChI=1S/C17H22BrF2NO3S2/c1-5-24-14(22)17(19,20)16(21-26(23)15(2,3)4)8-9-25-13-7-6-11(18)10-12(13)16/h6-7,10,21H,5,8-9H2,1-4H3/t16?,26-/m1/s1. The van der Waals surface area contributed by atoms with Gasteiger partial charge in [-0.3, -0.25) is 0 Å². The molecule has 1 heterocycles. The summed E-state index contributed by atoms with van der Waals surface area (Å²) < 4.78 is 50.7. The van der Waals surface area contributed by atoms with E-state index < -0.39 is 33.5 Å². The summed E-state index contributed by atoms with van der Waals surface area (Å²) in [6.45, 7) is 6.37. The lowest BCUT2D eigenvalue weighted by atomic mass is 9.81. The number of hydrogen-bond acceptors (Lipinski definition) is 5. The number of fused-ring (bicyclic) bond motifs is 1. The van der Waals surface area contributed by atoms with Gasteiger partial charge in [-0.25, -0.2) is 4.79 Å². The molecule has 26 heavy (non-hydrogen) atoms. The lowest BCUT2D eigenvalue weighted by molar-refractivity contribution is -0.185. The third kappa shape index (κ3) is 4.06. The molecule has 0 saturated carbocycles. The first-order chi connectivity index (χ1) is 12.0. The number of esters is 1. The van der Waals surface area contributed by atoms with Gasteiger partial charge in [0.05, 0.1) is 6.61 Å². The summed E-state index contributed by atoms with van der Waals surface area (Å²) in [5.41, 5.74) is -1.86. The van der Waals surface area contributed by atoms with Crippen LogP contribution in [0, 0.1) is 0 Å². The van der Waals surface area contributed by atoms with E-state index in [0.717, 1.165) is 0 Å². The molecule has 0 spiro atoms. The molecule has 1 aliphatic rings. The highest BCUT2D eigenvalue weighted by atomic mass is 79.9. The van der Waals surface area contributed by atoms with Crippen molar-refractivity contribution < 1.29 is 22.9 Å².